The number of aromatic amines is 1. The number of thiazole rings is 1. The lowest BCUT2D eigenvalue weighted by Gasteiger charge is -2.05. The minimum atomic E-state index is -2.89. The fourth-order valence-corrected chi connectivity index (χ4v) is 5.00. The van der Waals surface area contributed by atoms with Crippen LogP contribution >= 0.6 is 11.3 Å². The highest BCUT2D eigenvalue weighted by Gasteiger charge is 2.27. The molecule has 0 saturated heterocycles. The number of H-pyrrole nitrogens is 1. The van der Waals surface area contributed by atoms with Gasteiger partial charge in [-0.25, -0.2) is 9.78 Å². The van der Waals surface area contributed by atoms with Crippen LogP contribution in [-0.2, 0) is 12.5 Å². The normalized spacial score (nSPS) is 11.2. The zero-order valence-electron chi connectivity index (χ0n) is 23.2. The third-order valence-electron chi connectivity index (χ3n) is 6.32. The molecule has 216 valence electrons. The third-order valence-corrected chi connectivity index (χ3v) is 7.15. The number of benzene rings is 1. The number of hydrogen-bond acceptors (Lipinski definition) is 5. The summed E-state index contributed by atoms with van der Waals surface area (Å²) in [6, 6.07) is 12.9. The molecule has 3 N–H and O–H groups in total. The Kier molecular flexibility index (Phi) is 12.3. The topological polar surface area (TPSA) is 95.8 Å². The van der Waals surface area contributed by atoms with E-state index in [0.29, 0.717) is 22.8 Å². The molecule has 4 aromatic rings. The third kappa shape index (κ3) is 10.2. The van der Waals surface area contributed by atoms with E-state index in [1.807, 2.05) is 42.6 Å². The smallest absolute Gasteiger partial charge is 0.337 e. The lowest BCUT2D eigenvalue weighted by Crippen LogP contribution is -2.08. The lowest BCUT2D eigenvalue weighted by molar-refractivity contribution is 0.0132. The van der Waals surface area contributed by atoms with E-state index in [1.54, 1.807) is 16.9 Å². The van der Waals surface area contributed by atoms with Crippen molar-refractivity contribution in [3.8, 4) is 11.3 Å². The van der Waals surface area contributed by atoms with Gasteiger partial charge in [0.05, 0.1) is 17.8 Å². The van der Waals surface area contributed by atoms with Crippen molar-refractivity contribution in [2.24, 2.45) is 0 Å². The molecule has 0 amide bonds. The Morgan fingerprint density at radius 1 is 1.05 bits per heavy atom. The van der Waals surface area contributed by atoms with Crippen LogP contribution in [0.15, 0.2) is 60.2 Å². The molecule has 0 aliphatic rings. The zero-order valence-corrected chi connectivity index (χ0v) is 24.0. The number of carboxylic acids is 1. The Morgan fingerprint density at radius 3 is 2.40 bits per heavy atom. The summed E-state index contributed by atoms with van der Waals surface area (Å²) in [6.45, 7) is 4.44. The first-order valence-corrected chi connectivity index (χ1v) is 14.7. The van der Waals surface area contributed by atoms with Gasteiger partial charge in [0, 0.05) is 37.3 Å². The van der Waals surface area contributed by atoms with Gasteiger partial charge in [-0.05, 0) is 18.1 Å². The maximum absolute atomic E-state index is 13.2. The molecule has 0 aliphatic heterocycles. The standard InChI is InChI=1S/C19H30F2N4S.C11H9NO2/c1-3-4-5-6-7-8-9-10-12-22-17-11-13-25(24-17)14-18-23-16(15-26-18)19(2,20)21;13-11(14)9-6-7-12-10(9)8-4-2-1-3-5-8/h11,13,15H,3-10,12,14H2,1-2H3,(H,22,24);1-7,12H,(H,13,14). The molecule has 0 spiro atoms. The molecule has 1 aromatic carbocycles. The van der Waals surface area contributed by atoms with Gasteiger partial charge >= 0.3 is 5.97 Å². The van der Waals surface area contributed by atoms with Crippen molar-refractivity contribution >= 4 is 23.1 Å². The molecule has 3 heterocycles. The number of nitrogens with zero attached hydrogens (tertiary/aromatic N) is 3. The van der Waals surface area contributed by atoms with Crippen LogP contribution in [0.4, 0.5) is 14.6 Å². The number of carboxylic acid groups (broad SMARTS) is 1. The molecule has 0 radical (unpaired) electrons. The number of anilines is 1. The predicted octanol–water partition coefficient (Wildman–Crippen LogP) is 8.43. The average Bonchev–Trinajstić information content (AvgIpc) is 3.70. The molecule has 0 aliphatic carbocycles. The van der Waals surface area contributed by atoms with Crippen molar-refractivity contribution in [3.63, 3.8) is 0 Å². The second-order valence-electron chi connectivity index (χ2n) is 9.75. The second-order valence-corrected chi connectivity index (χ2v) is 10.7. The summed E-state index contributed by atoms with van der Waals surface area (Å²) in [7, 11) is 0. The number of aromatic nitrogens is 4. The second kappa shape index (κ2) is 15.9. The van der Waals surface area contributed by atoms with Gasteiger partial charge in [0.15, 0.2) is 0 Å². The Bertz CT molecular complexity index is 1280. The van der Waals surface area contributed by atoms with Crippen LogP contribution in [0.2, 0.25) is 0 Å². The number of rotatable bonds is 15. The molecular weight excluding hydrogens is 532 g/mol. The molecule has 0 atom stereocenters. The van der Waals surface area contributed by atoms with Crippen LogP contribution in [0.25, 0.3) is 11.3 Å². The summed E-state index contributed by atoms with van der Waals surface area (Å²) >= 11 is 1.24. The van der Waals surface area contributed by atoms with Gasteiger partial charge in [0.25, 0.3) is 5.92 Å². The van der Waals surface area contributed by atoms with E-state index >= 15 is 0 Å². The number of hydrogen-bond donors (Lipinski definition) is 3. The average molecular weight is 572 g/mol. The largest absolute Gasteiger partial charge is 0.478 e. The first kappa shape index (κ1) is 31.0. The van der Waals surface area contributed by atoms with Crippen LogP contribution in [0, 0.1) is 0 Å². The number of halogens is 2. The molecular formula is C30H39F2N5O2S. The Labute approximate surface area is 238 Å². The first-order chi connectivity index (χ1) is 19.3. The van der Waals surface area contributed by atoms with Gasteiger partial charge in [0.2, 0.25) is 0 Å². The predicted molar refractivity (Wildman–Crippen MR) is 157 cm³/mol. The van der Waals surface area contributed by atoms with E-state index in [4.69, 9.17) is 5.11 Å². The summed E-state index contributed by atoms with van der Waals surface area (Å²) in [5, 5.41) is 18.7. The zero-order chi connectivity index (χ0) is 28.8. The van der Waals surface area contributed by atoms with Crippen molar-refractivity contribution in [1.82, 2.24) is 19.7 Å². The molecule has 10 heteroatoms. The van der Waals surface area contributed by atoms with E-state index in [-0.39, 0.29) is 5.69 Å². The van der Waals surface area contributed by atoms with E-state index in [1.165, 1.54) is 61.7 Å². The quantitative estimate of drug-likeness (QED) is 0.124. The number of unbranched alkanes of at least 4 members (excludes halogenated alkanes) is 7. The summed E-state index contributed by atoms with van der Waals surface area (Å²) in [5.74, 6) is -2.97. The van der Waals surface area contributed by atoms with Crippen molar-refractivity contribution in [3.05, 3.63) is 76.5 Å². The summed E-state index contributed by atoms with van der Waals surface area (Å²) in [5.41, 5.74) is 1.67. The Morgan fingerprint density at radius 2 is 1.75 bits per heavy atom. The molecule has 0 bridgehead atoms. The fraction of sp³-hybridized carbons (Fsp3) is 0.433. The minimum absolute atomic E-state index is 0.169. The molecule has 7 nitrogen and oxygen atoms in total. The van der Waals surface area contributed by atoms with Gasteiger partial charge in [-0.2, -0.15) is 13.9 Å². The molecule has 0 fully saturated rings. The van der Waals surface area contributed by atoms with Crippen molar-refractivity contribution in [2.75, 3.05) is 11.9 Å². The number of aromatic carboxylic acids is 1. The van der Waals surface area contributed by atoms with E-state index in [0.717, 1.165) is 31.3 Å². The SMILES string of the molecule is CCCCCCCCCCNc1ccn(Cc2nc(C(C)(F)F)cs2)n1.O=C(O)c1cc[nH]c1-c1ccccc1. The van der Waals surface area contributed by atoms with Gasteiger partial charge in [-0.15, -0.1) is 11.3 Å². The maximum atomic E-state index is 13.2. The highest BCUT2D eigenvalue weighted by molar-refractivity contribution is 7.09. The van der Waals surface area contributed by atoms with Crippen LogP contribution in [0.1, 0.15) is 86.3 Å². The van der Waals surface area contributed by atoms with Gasteiger partial charge < -0.3 is 15.4 Å². The van der Waals surface area contributed by atoms with Gasteiger partial charge in [-0.1, -0.05) is 82.2 Å². The lowest BCUT2D eigenvalue weighted by atomic mass is 10.1. The molecule has 40 heavy (non-hydrogen) atoms. The van der Waals surface area contributed by atoms with Crippen LogP contribution in [-0.4, -0.2) is 37.4 Å². The van der Waals surface area contributed by atoms with Gasteiger partial charge in [-0.3, -0.25) is 4.68 Å². The Balaban J connectivity index is 0.000000263. The van der Waals surface area contributed by atoms with Crippen molar-refractivity contribution in [1.29, 1.82) is 0 Å². The van der Waals surface area contributed by atoms with Crippen LogP contribution in [0.5, 0.6) is 0 Å². The molecule has 3 aromatic heterocycles. The number of alkyl halides is 2. The minimum Gasteiger partial charge on any atom is -0.478 e. The van der Waals surface area contributed by atoms with E-state index < -0.39 is 11.9 Å². The van der Waals surface area contributed by atoms with Gasteiger partial charge in [0.1, 0.15) is 16.5 Å². The van der Waals surface area contributed by atoms with Crippen molar-refractivity contribution < 1.29 is 18.7 Å². The van der Waals surface area contributed by atoms with Crippen LogP contribution < -0.4 is 5.32 Å². The molecule has 4 rings (SSSR count). The summed E-state index contributed by atoms with van der Waals surface area (Å²) in [4.78, 5) is 17.8. The van der Waals surface area contributed by atoms with Crippen LogP contribution in [0.3, 0.4) is 0 Å². The van der Waals surface area contributed by atoms with E-state index in [2.05, 4.69) is 27.3 Å². The number of nitrogens with one attached hydrogen (secondary N) is 2. The highest BCUT2D eigenvalue weighted by atomic mass is 32.1. The highest BCUT2D eigenvalue weighted by Crippen LogP contribution is 2.28. The molecule has 0 saturated carbocycles. The fourth-order valence-electron chi connectivity index (χ4n) is 4.13. The van der Waals surface area contributed by atoms with Crippen molar-refractivity contribution in [2.45, 2.75) is 77.7 Å². The van der Waals surface area contributed by atoms with E-state index in [9.17, 15) is 13.6 Å². The summed E-state index contributed by atoms with van der Waals surface area (Å²) < 4.78 is 28.2. The monoisotopic (exact) mass is 571 g/mol. The molecule has 0 unspecified atom stereocenters. The maximum Gasteiger partial charge on any atom is 0.337 e. The Hall–Kier alpha value is -3.53. The number of carbonyl (C=O) groups is 1. The first-order valence-electron chi connectivity index (χ1n) is 13.8. The summed E-state index contributed by atoms with van der Waals surface area (Å²) in [6.07, 6.45) is 13.9.